The Morgan fingerprint density at radius 3 is 2.52 bits per heavy atom. The SMILES string of the molecule is CCn1cnnc1-c1cccc(N2Cc3c(cc(N4CCC[C@H]4C)nc3NCCNc3cccc4c3C(=O)N(C3CCC(=O)NC3=O)C4=O)C2=O)n1. The van der Waals surface area contributed by atoms with Crippen LogP contribution < -0.4 is 25.8 Å². The van der Waals surface area contributed by atoms with Gasteiger partial charge in [-0.25, -0.2) is 9.97 Å². The number of fused-ring (bicyclic) bond motifs is 2. The molecule has 16 heteroatoms. The number of pyridine rings is 2. The molecule has 0 aliphatic carbocycles. The van der Waals surface area contributed by atoms with Crippen LogP contribution in [0.5, 0.6) is 0 Å². The molecule has 266 valence electrons. The van der Waals surface area contributed by atoms with Crippen LogP contribution in [-0.4, -0.2) is 90.9 Å². The number of hydrogen-bond donors (Lipinski definition) is 3. The molecule has 4 aliphatic rings. The summed E-state index contributed by atoms with van der Waals surface area (Å²) in [5.74, 6) is 0.0312. The van der Waals surface area contributed by atoms with Gasteiger partial charge in [0, 0.05) is 49.9 Å². The van der Waals surface area contributed by atoms with E-state index in [1.807, 2.05) is 29.7 Å². The van der Waals surface area contributed by atoms with E-state index in [4.69, 9.17) is 9.97 Å². The smallest absolute Gasteiger partial charge is 0.264 e. The summed E-state index contributed by atoms with van der Waals surface area (Å²) in [5.41, 5.74) is 2.77. The van der Waals surface area contributed by atoms with Crippen molar-refractivity contribution in [3.05, 3.63) is 71.0 Å². The van der Waals surface area contributed by atoms with Crippen LogP contribution >= 0.6 is 0 Å². The first-order chi connectivity index (χ1) is 25.2. The van der Waals surface area contributed by atoms with Crippen LogP contribution in [0.3, 0.4) is 0 Å². The molecule has 8 rings (SSSR count). The van der Waals surface area contributed by atoms with Gasteiger partial charge >= 0.3 is 0 Å². The topological polar surface area (TPSA) is 188 Å². The van der Waals surface area contributed by atoms with Gasteiger partial charge in [0.25, 0.3) is 17.7 Å². The van der Waals surface area contributed by atoms with Gasteiger partial charge in [0.15, 0.2) is 5.82 Å². The van der Waals surface area contributed by atoms with Gasteiger partial charge in [0.05, 0.1) is 23.2 Å². The highest BCUT2D eigenvalue weighted by molar-refractivity contribution is 6.25. The van der Waals surface area contributed by atoms with Gasteiger partial charge < -0.3 is 20.1 Å². The molecule has 2 saturated heterocycles. The Bertz CT molecular complexity index is 2150. The third-order valence-electron chi connectivity index (χ3n) is 10.1. The van der Waals surface area contributed by atoms with Gasteiger partial charge in [-0.15, -0.1) is 10.2 Å². The molecule has 5 amide bonds. The third-order valence-corrected chi connectivity index (χ3v) is 10.1. The summed E-state index contributed by atoms with van der Waals surface area (Å²) in [6, 6.07) is 11.6. The van der Waals surface area contributed by atoms with Gasteiger partial charge in [0.2, 0.25) is 11.8 Å². The second-order valence-electron chi connectivity index (χ2n) is 13.3. The van der Waals surface area contributed by atoms with Crippen LogP contribution in [0.1, 0.15) is 76.2 Å². The number of amides is 5. The number of imide groups is 2. The van der Waals surface area contributed by atoms with Crippen molar-refractivity contribution in [3.8, 4) is 11.5 Å². The number of aromatic nitrogens is 5. The van der Waals surface area contributed by atoms with E-state index in [1.54, 1.807) is 35.5 Å². The highest BCUT2D eigenvalue weighted by atomic mass is 16.2. The Morgan fingerprint density at radius 1 is 0.904 bits per heavy atom. The highest BCUT2D eigenvalue weighted by Gasteiger charge is 2.45. The first-order valence-corrected chi connectivity index (χ1v) is 17.5. The third kappa shape index (κ3) is 5.59. The molecular formula is C36H37N11O5. The zero-order valence-electron chi connectivity index (χ0n) is 28.8. The highest BCUT2D eigenvalue weighted by Crippen LogP contribution is 2.37. The van der Waals surface area contributed by atoms with Crippen molar-refractivity contribution in [2.45, 2.75) is 64.7 Å². The van der Waals surface area contributed by atoms with E-state index < -0.39 is 29.7 Å². The van der Waals surface area contributed by atoms with Gasteiger partial charge in [-0.05, 0) is 63.4 Å². The van der Waals surface area contributed by atoms with Crippen molar-refractivity contribution in [2.24, 2.45) is 0 Å². The van der Waals surface area contributed by atoms with Gasteiger partial charge in [-0.3, -0.25) is 39.1 Å². The van der Waals surface area contributed by atoms with Crippen LogP contribution in [0.25, 0.3) is 11.5 Å². The number of hydrogen-bond acceptors (Lipinski definition) is 12. The average Bonchev–Trinajstić information content (AvgIpc) is 3.93. The first-order valence-electron chi connectivity index (χ1n) is 17.5. The molecule has 4 aromatic rings. The summed E-state index contributed by atoms with van der Waals surface area (Å²) >= 11 is 0. The Balaban J connectivity index is 1.02. The quantitative estimate of drug-likeness (QED) is 0.162. The number of nitrogens with one attached hydrogen (secondary N) is 3. The molecule has 1 aromatic carbocycles. The lowest BCUT2D eigenvalue weighted by Gasteiger charge is -2.27. The van der Waals surface area contributed by atoms with Crippen molar-refractivity contribution in [1.29, 1.82) is 0 Å². The fourth-order valence-corrected chi connectivity index (χ4v) is 7.46. The molecule has 0 spiro atoms. The number of nitrogens with zero attached hydrogens (tertiary/aromatic N) is 8. The molecule has 16 nitrogen and oxygen atoms in total. The van der Waals surface area contributed by atoms with Crippen LogP contribution in [0.15, 0.2) is 48.8 Å². The van der Waals surface area contributed by atoms with Crippen LogP contribution in [0.4, 0.5) is 23.1 Å². The minimum Gasteiger partial charge on any atom is -0.383 e. The van der Waals surface area contributed by atoms with E-state index >= 15 is 0 Å². The summed E-state index contributed by atoms with van der Waals surface area (Å²) in [6.45, 7) is 6.66. The van der Waals surface area contributed by atoms with Crippen molar-refractivity contribution in [3.63, 3.8) is 0 Å². The van der Waals surface area contributed by atoms with Crippen LogP contribution in [0, 0.1) is 0 Å². The molecule has 7 heterocycles. The Morgan fingerprint density at radius 2 is 1.73 bits per heavy atom. The zero-order valence-corrected chi connectivity index (χ0v) is 28.8. The molecule has 1 unspecified atom stereocenters. The molecule has 2 atom stereocenters. The van der Waals surface area contributed by atoms with E-state index in [2.05, 4.69) is 38.0 Å². The van der Waals surface area contributed by atoms with E-state index in [1.165, 1.54) is 0 Å². The van der Waals surface area contributed by atoms with E-state index in [0.717, 1.165) is 35.7 Å². The first kappa shape index (κ1) is 33.0. The van der Waals surface area contributed by atoms with E-state index in [-0.39, 0.29) is 42.5 Å². The monoisotopic (exact) mass is 703 g/mol. The number of aryl methyl sites for hydroxylation is 1. The maximum absolute atomic E-state index is 14.0. The second kappa shape index (κ2) is 13.2. The second-order valence-corrected chi connectivity index (χ2v) is 13.3. The van der Waals surface area contributed by atoms with Crippen LogP contribution in [0.2, 0.25) is 0 Å². The molecule has 0 saturated carbocycles. The molecule has 3 N–H and O–H groups in total. The molecule has 0 bridgehead atoms. The van der Waals surface area contributed by atoms with Crippen molar-refractivity contribution >= 4 is 52.7 Å². The maximum Gasteiger partial charge on any atom is 0.264 e. The Hall–Kier alpha value is -6.19. The fraction of sp³-hybridized carbons (Fsp3) is 0.361. The molecular weight excluding hydrogens is 666 g/mol. The zero-order chi connectivity index (χ0) is 36.1. The fourth-order valence-electron chi connectivity index (χ4n) is 7.46. The number of rotatable bonds is 10. The minimum atomic E-state index is -1.05. The standard InChI is InChI=1S/C36H37N11O5/c1-3-44-19-39-43-32(44)25-10-5-11-27(40-25)46-18-23-22(34(46)50)17-28(45-16-6-7-20(45)2)41-31(23)38-15-14-37-24-9-4-8-21-30(24)36(52)47(35(21)51)26-12-13-29(48)42-33(26)49/h4-5,8-11,17,19-20,26,37H,3,6-7,12-16,18H2,1-2H3,(H,38,41)(H,42,48,49)/t20-,26?/m1/s1. The van der Waals surface area contributed by atoms with Gasteiger partial charge in [-0.2, -0.15) is 0 Å². The predicted molar refractivity (Wildman–Crippen MR) is 190 cm³/mol. The summed E-state index contributed by atoms with van der Waals surface area (Å²) in [5, 5.41) is 17.2. The summed E-state index contributed by atoms with van der Waals surface area (Å²) < 4.78 is 1.89. The van der Waals surface area contributed by atoms with E-state index in [0.29, 0.717) is 54.0 Å². The van der Waals surface area contributed by atoms with Crippen molar-refractivity contribution in [1.82, 2.24) is 34.9 Å². The van der Waals surface area contributed by atoms with E-state index in [9.17, 15) is 24.0 Å². The van der Waals surface area contributed by atoms with Crippen LogP contribution in [-0.2, 0) is 22.7 Å². The van der Waals surface area contributed by atoms with Crippen molar-refractivity contribution < 1.29 is 24.0 Å². The largest absolute Gasteiger partial charge is 0.383 e. The number of carbonyl (C=O) groups excluding carboxylic acids is 5. The Kier molecular flexibility index (Phi) is 8.35. The lowest BCUT2D eigenvalue weighted by molar-refractivity contribution is -0.136. The molecule has 4 aliphatic heterocycles. The lowest BCUT2D eigenvalue weighted by Crippen LogP contribution is -2.54. The molecule has 52 heavy (non-hydrogen) atoms. The van der Waals surface area contributed by atoms with Crippen molar-refractivity contribution in [2.75, 3.05) is 40.1 Å². The van der Waals surface area contributed by atoms with Gasteiger partial charge in [-0.1, -0.05) is 12.1 Å². The average molecular weight is 704 g/mol. The summed E-state index contributed by atoms with van der Waals surface area (Å²) in [6.07, 6.45) is 3.85. The number of anilines is 4. The minimum absolute atomic E-state index is 0.0470. The summed E-state index contributed by atoms with van der Waals surface area (Å²) in [4.78, 5) is 79.7. The Labute approximate surface area is 298 Å². The maximum atomic E-state index is 14.0. The normalized spacial score (nSPS) is 19.7. The molecule has 0 radical (unpaired) electrons. The van der Waals surface area contributed by atoms with Gasteiger partial charge in [0.1, 0.15) is 35.5 Å². The number of carbonyl (C=O) groups is 5. The molecule has 2 fully saturated rings. The summed E-state index contributed by atoms with van der Waals surface area (Å²) in [7, 11) is 0. The number of benzene rings is 1. The predicted octanol–water partition coefficient (Wildman–Crippen LogP) is 2.83. The number of piperidine rings is 1. The lowest BCUT2D eigenvalue weighted by atomic mass is 10.0. The molecule has 3 aromatic heterocycles.